The standard InChI is InChI=1S/C19H23N5OS/c1-11-14-15(26-16(11)19(2,3)25)18(22-13-6-9-21-10-13)24-17(23-14)12-4-7-20-8-5-12/h4-5,7-8,13,21,25H,6,9-10H2,1-3H3,(H,22,23,24)/t13-/m1/s1. The van der Waals surface area contributed by atoms with Crippen molar-refractivity contribution in [2.24, 2.45) is 0 Å². The highest BCUT2D eigenvalue weighted by molar-refractivity contribution is 7.20. The van der Waals surface area contributed by atoms with Crippen LogP contribution in [-0.2, 0) is 5.60 Å². The minimum atomic E-state index is -0.904. The van der Waals surface area contributed by atoms with Gasteiger partial charge in [0.25, 0.3) is 0 Å². The molecule has 3 aromatic heterocycles. The molecule has 0 spiro atoms. The fourth-order valence-corrected chi connectivity index (χ4v) is 4.57. The maximum absolute atomic E-state index is 10.6. The van der Waals surface area contributed by atoms with Crippen molar-refractivity contribution in [1.29, 1.82) is 0 Å². The molecule has 4 rings (SSSR count). The van der Waals surface area contributed by atoms with Crippen LogP contribution in [0.5, 0.6) is 0 Å². The molecule has 136 valence electrons. The molecule has 1 aliphatic heterocycles. The lowest BCUT2D eigenvalue weighted by Crippen LogP contribution is -2.22. The maximum Gasteiger partial charge on any atom is 0.162 e. The first kappa shape index (κ1) is 17.3. The zero-order chi connectivity index (χ0) is 18.3. The fraction of sp³-hybridized carbons (Fsp3) is 0.421. The van der Waals surface area contributed by atoms with E-state index >= 15 is 0 Å². The van der Waals surface area contributed by atoms with Gasteiger partial charge in [-0.25, -0.2) is 9.97 Å². The molecule has 0 bridgehead atoms. The predicted octanol–water partition coefficient (Wildman–Crippen LogP) is 3.06. The molecule has 26 heavy (non-hydrogen) atoms. The van der Waals surface area contributed by atoms with Crippen molar-refractivity contribution in [1.82, 2.24) is 20.3 Å². The predicted molar refractivity (Wildman–Crippen MR) is 106 cm³/mol. The van der Waals surface area contributed by atoms with Gasteiger partial charge in [0.05, 0.1) is 15.8 Å². The summed E-state index contributed by atoms with van der Waals surface area (Å²) in [5.41, 5.74) is 1.95. The Hall–Kier alpha value is -2.09. The minimum Gasteiger partial charge on any atom is -0.385 e. The lowest BCUT2D eigenvalue weighted by Gasteiger charge is -2.15. The average molecular weight is 369 g/mol. The Morgan fingerprint density at radius 2 is 2.04 bits per heavy atom. The Kier molecular flexibility index (Phi) is 4.38. The lowest BCUT2D eigenvalue weighted by molar-refractivity contribution is 0.0820. The summed E-state index contributed by atoms with van der Waals surface area (Å²) in [6.45, 7) is 7.60. The quantitative estimate of drug-likeness (QED) is 0.656. The Morgan fingerprint density at radius 1 is 1.27 bits per heavy atom. The summed E-state index contributed by atoms with van der Waals surface area (Å²) in [6, 6.07) is 4.19. The van der Waals surface area contributed by atoms with Crippen LogP contribution >= 0.6 is 11.3 Å². The van der Waals surface area contributed by atoms with Gasteiger partial charge in [-0.1, -0.05) is 0 Å². The van der Waals surface area contributed by atoms with Gasteiger partial charge in [0.1, 0.15) is 5.82 Å². The van der Waals surface area contributed by atoms with Crippen LogP contribution in [0.3, 0.4) is 0 Å². The molecule has 4 heterocycles. The average Bonchev–Trinajstić information content (AvgIpc) is 3.24. The number of nitrogens with one attached hydrogen (secondary N) is 2. The van der Waals surface area contributed by atoms with Crippen LogP contribution in [0.25, 0.3) is 21.6 Å². The summed E-state index contributed by atoms with van der Waals surface area (Å²) in [7, 11) is 0. The van der Waals surface area contributed by atoms with Crippen LogP contribution in [0.1, 0.15) is 30.7 Å². The number of anilines is 1. The van der Waals surface area contributed by atoms with Gasteiger partial charge in [0.15, 0.2) is 5.82 Å². The molecule has 3 aromatic rings. The number of aliphatic hydroxyl groups is 1. The van der Waals surface area contributed by atoms with Gasteiger partial charge in [-0.3, -0.25) is 4.98 Å². The molecule has 1 fully saturated rings. The molecule has 1 saturated heterocycles. The van der Waals surface area contributed by atoms with Crippen molar-refractivity contribution in [3.63, 3.8) is 0 Å². The van der Waals surface area contributed by atoms with Gasteiger partial charge < -0.3 is 15.7 Å². The zero-order valence-corrected chi connectivity index (χ0v) is 16.0. The Labute approximate surface area is 156 Å². The van der Waals surface area contributed by atoms with E-state index in [2.05, 4.69) is 15.6 Å². The first-order valence-electron chi connectivity index (χ1n) is 8.85. The van der Waals surface area contributed by atoms with E-state index in [0.29, 0.717) is 11.9 Å². The maximum atomic E-state index is 10.6. The summed E-state index contributed by atoms with van der Waals surface area (Å²) in [5, 5.41) is 17.5. The number of aryl methyl sites for hydroxylation is 1. The lowest BCUT2D eigenvalue weighted by atomic mass is 10.0. The van der Waals surface area contributed by atoms with Crippen molar-refractivity contribution in [2.75, 3.05) is 18.4 Å². The van der Waals surface area contributed by atoms with Gasteiger partial charge in [-0.2, -0.15) is 0 Å². The molecule has 0 aromatic carbocycles. The highest BCUT2D eigenvalue weighted by Gasteiger charge is 2.26. The largest absolute Gasteiger partial charge is 0.385 e. The molecular weight excluding hydrogens is 346 g/mol. The molecule has 0 aliphatic carbocycles. The summed E-state index contributed by atoms with van der Waals surface area (Å²) in [6.07, 6.45) is 4.57. The summed E-state index contributed by atoms with van der Waals surface area (Å²) >= 11 is 1.57. The first-order valence-corrected chi connectivity index (χ1v) is 9.67. The number of hydrogen-bond acceptors (Lipinski definition) is 7. The molecule has 0 amide bonds. The van der Waals surface area contributed by atoms with Crippen LogP contribution in [0, 0.1) is 6.92 Å². The smallest absolute Gasteiger partial charge is 0.162 e. The summed E-state index contributed by atoms with van der Waals surface area (Å²) < 4.78 is 1.00. The number of pyridine rings is 1. The Morgan fingerprint density at radius 3 is 2.69 bits per heavy atom. The number of rotatable bonds is 4. The molecule has 1 atom stereocenters. The zero-order valence-electron chi connectivity index (χ0n) is 15.2. The summed E-state index contributed by atoms with van der Waals surface area (Å²) in [5.74, 6) is 1.52. The van der Waals surface area contributed by atoms with E-state index in [1.54, 1.807) is 23.7 Å². The molecule has 0 unspecified atom stereocenters. The van der Waals surface area contributed by atoms with Crippen molar-refractivity contribution in [2.45, 2.75) is 38.8 Å². The van der Waals surface area contributed by atoms with Crippen LogP contribution in [0.4, 0.5) is 5.82 Å². The van der Waals surface area contributed by atoms with Crippen LogP contribution in [0.15, 0.2) is 24.5 Å². The highest BCUT2D eigenvalue weighted by atomic mass is 32.1. The third kappa shape index (κ3) is 3.18. The van der Waals surface area contributed by atoms with E-state index in [-0.39, 0.29) is 0 Å². The molecule has 3 N–H and O–H groups in total. The molecule has 7 heteroatoms. The van der Waals surface area contributed by atoms with Crippen LogP contribution in [0.2, 0.25) is 0 Å². The number of nitrogens with zero attached hydrogens (tertiary/aromatic N) is 3. The van der Waals surface area contributed by atoms with Crippen molar-refractivity contribution in [3.8, 4) is 11.4 Å². The van der Waals surface area contributed by atoms with Crippen LogP contribution in [-0.4, -0.2) is 39.2 Å². The van der Waals surface area contributed by atoms with E-state index < -0.39 is 5.60 Å². The second-order valence-electron chi connectivity index (χ2n) is 7.26. The number of hydrogen-bond donors (Lipinski definition) is 3. The first-order chi connectivity index (χ1) is 12.4. The topological polar surface area (TPSA) is 83.0 Å². The second kappa shape index (κ2) is 6.57. The minimum absolute atomic E-state index is 0.353. The summed E-state index contributed by atoms with van der Waals surface area (Å²) in [4.78, 5) is 14.7. The molecule has 6 nitrogen and oxygen atoms in total. The normalized spacial score (nSPS) is 17.8. The van der Waals surface area contributed by atoms with E-state index in [4.69, 9.17) is 9.97 Å². The van der Waals surface area contributed by atoms with Gasteiger partial charge >= 0.3 is 0 Å². The van der Waals surface area contributed by atoms with Gasteiger partial charge in [-0.05, 0) is 51.4 Å². The molecule has 0 saturated carbocycles. The van der Waals surface area contributed by atoms with Gasteiger partial charge in [0.2, 0.25) is 0 Å². The number of aromatic nitrogens is 3. The van der Waals surface area contributed by atoms with E-state index in [0.717, 1.165) is 51.5 Å². The molecule has 1 aliphatic rings. The monoisotopic (exact) mass is 369 g/mol. The number of fused-ring (bicyclic) bond motifs is 1. The third-order valence-corrected chi connectivity index (χ3v) is 6.26. The third-order valence-electron chi connectivity index (χ3n) is 4.66. The van der Waals surface area contributed by atoms with Crippen molar-refractivity contribution in [3.05, 3.63) is 35.0 Å². The highest BCUT2D eigenvalue weighted by Crippen LogP contribution is 2.40. The van der Waals surface area contributed by atoms with Gasteiger partial charge in [-0.15, -0.1) is 11.3 Å². The van der Waals surface area contributed by atoms with Crippen molar-refractivity contribution < 1.29 is 5.11 Å². The SMILES string of the molecule is Cc1c(C(C)(C)O)sc2c(N[C@@H]3CCNC3)nc(-c3ccncc3)nc12. The Bertz CT molecular complexity index is 926. The van der Waals surface area contributed by atoms with E-state index in [1.807, 2.05) is 32.9 Å². The van der Waals surface area contributed by atoms with Gasteiger partial charge in [0, 0.05) is 35.4 Å². The van der Waals surface area contributed by atoms with Crippen molar-refractivity contribution >= 4 is 27.4 Å². The van der Waals surface area contributed by atoms with E-state index in [1.165, 1.54) is 0 Å². The number of thiophene rings is 1. The Balaban J connectivity index is 1.90. The van der Waals surface area contributed by atoms with Crippen LogP contribution < -0.4 is 10.6 Å². The fourth-order valence-electron chi connectivity index (χ4n) is 3.37. The molecule has 0 radical (unpaired) electrons. The second-order valence-corrected chi connectivity index (χ2v) is 8.28. The van der Waals surface area contributed by atoms with E-state index in [9.17, 15) is 5.11 Å². The molecular formula is C19H23N5OS.